The maximum absolute atomic E-state index is 12.7. The smallest absolute Gasteiger partial charge is 0.198 e. The molecular weight excluding hydrogens is 217 g/mol. The molecule has 0 aliphatic rings. The van der Waals surface area contributed by atoms with Gasteiger partial charge >= 0.3 is 6.18 Å². The van der Waals surface area contributed by atoms with Crippen LogP contribution < -0.4 is 0 Å². The maximum Gasteiger partial charge on any atom is 0.417 e. The average molecular weight is 224 g/mol. The highest BCUT2D eigenvalue weighted by molar-refractivity contribution is 5.48. The number of nitrogens with zero attached hydrogens (tertiary/aromatic N) is 2. The molecule has 1 aromatic rings. The first-order valence-electron chi connectivity index (χ1n) is 4.38. The van der Waals surface area contributed by atoms with E-state index in [2.05, 4.69) is 0 Å². The maximum atomic E-state index is 12.7. The molecule has 0 aromatic heterocycles. The van der Waals surface area contributed by atoms with Crippen molar-refractivity contribution in [3.63, 3.8) is 0 Å². The van der Waals surface area contributed by atoms with Gasteiger partial charge in [0.25, 0.3) is 0 Å². The fourth-order valence-electron chi connectivity index (χ4n) is 1.51. The Morgan fingerprint density at radius 3 is 2.31 bits per heavy atom. The molecule has 0 saturated carbocycles. The van der Waals surface area contributed by atoms with Gasteiger partial charge in [-0.15, -0.1) is 0 Å². The first-order valence-corrected chi connectivity index (χ1v) is 4.38. The van der Waals surface area contributed by atoms with Crippen LogP contribution in [0.5, 0.6) is 0 Å². The average Bonchev–Trinajstić information content (AvgIpc) is 2.15. The van der Waals surface area contributed by atoms with Crippen LogP contribution in [0, 0.1) is 29.6 Å². The number of hydrogen-bond donors (Lipinski definition) is 0. The van der Waals surface area contributed by atoms with Crippen molar-refractivity contribution >= 4 is 0 Å². The van der Waals surface area contributed by atoms with Gasteiger partial charge in [-0.05, 0) is 24.1 Å². The van der Waals surface area contributed by atoms with E-state index < -0.39 is 17.3 Å². The molecule has 0 saturated heterocycles. The third kappa shape index (κ3) is 2.32. The number of halogens is 3. The van der Waals surface area contributed by atoms with Gasteiger partial charge in [-0.25, -0.2) is 0 Å². The van der Waals surface area contributed by atoms with Crippen molar-refractivity contribution in [3.8, 4) is 12.1 Å². The minimum absolute atomic E-state index is 0.147. The summed E-state index contributed by atoms with van der Waals surface area (Å²) in [5.41, 5.74) is -1.04. The van der Waals surface area contributed by atoms with E-state index in [1.165, 1.54) is 18.2 Å². The van der Waals surface area contributed by atoms with Crippen LogP contribution in [-0.4, -0.2) is 0 Å². The Morgan fingerprint density at radius 2 is 1.88 bits per heavy atom. The molecule has 0 aliphatic carbocycles. The summed E-state index contributed by atoms with van der Waals surface area (Å²) in [7, 11) is 0. The summed E-state index contributed by atoms with van der Waals surface area (Å²) < 4.78 is 38.1. The number of rotatable bonds is 1. The van der Waals surface area contributed by atoms with Gasteiger partial charge in [0, 0.05) is 0 Å². The molecule has 16 heavy (non-hydrogen) atoms. The Morgan fingerprint density at radius 1 is 1.25 bits per heavy atom. The summed E-state index contributed by atoms with van der Waals surface area (Å²) in [6, 6.07) is 5.63. The summed E-state index contributed by atoms with van der Waals surface area (Å²) in [6.45, 7) is 1.59. The lowest BCUT2D eigenvalue weighted by Gasteiger charge is -2.13. The van der Waals surface area contributed by atoms with E-state index in [0.29, 0.717) is 5.56 Å². The predicted molar refractivity (Wildman–Crippen MR) is 50.2 cm³/mol. The second kappa shape index (κ2) is 4.24. The van der Waals surface area contributed by atoms with Crippen molar-refractivity contribution in [2.75, 3.05) is 0 Å². The largest absolute Gasteiger partial charge is 0.417 e. The Labute approximate surface area is 90.5 Å². The quantitative estimate of drug-likeness (QED) is 0.736. The molecule has 0 heterocycles. The normalized spacial score (nSPS) is 10.6. The summed E-state index contributed by atoms with van der Waals surface area (Å²) >= 11 is 0. The third-order valence-electron chi connectivity index (χ3n) is 2.04. The molecule has 2 nitrogen and oxygen atoms in total. The lowest BCUT2D eigenvalue weighted by atomic mass is 9.96. The lowest BCUT2D eigenvalue weighted by molar-refractivity contribution is -0.138. The zero-order valence-corrected chi connectivity index (χ0v) is 8.39. The summed E-state index contributed by atoms with van der Waals surface area (Å²) in [4.78, 5) is 0. The van der Waals surface area contributed by atoms with Gasteiger partial charge in [0.2, 0.25) is 0 Å². The van der Waals surface area contributed by atoms with E-state index >= 15 is 0 Å². The van der Waals surface area contributed by atoms with Crippen molar-refractivity contribution < 1.29 is 13.2 Å². The van der Waals surface area contributed by atoms with Crippen LogP contribution in [0.1, 0.15) is 22.3 Å². The van der Waals surface area contributed by atoms with Crippen molar-refractivity contribution in [1.82, 2.24) is 0 Å². The monoisotopic (exact) mass is 224 g/mol. The van der Waals surface area contributed by atoms with Crippen molar-refractivity contribution in [1.29, 1.82) is 10.5 Å². The number of benzene rings is 1. The first-order chi connectivity index (χ1) is 7.40. The number of nitriles is 2. The number of alkyl halides is 3. The second-order valence-electron chi connectivity index (χ2n) is 3.29. The molecule has 5 heteroatoms. The highest BCUT2D eigenvalue weighted by Gasteiger charge is 2.36. The van der Waals surface area contributed by atoms with Gasteiger partial charge in [0.05, 0.1) is 29.7 Å². The molecule has 0 N–H and O–H groups in total. The highest BCUT2D eigenvalue weighted by Crippen LogP contribution is 2.35. The number of aryl methyl sites for hydroxylation is 1. The lowest BCUT2D eigenvalue weighted by Crippen LogP contribution is -2.12. The fourth-order valence-corrected chi connectivity index (χ4v) is 1.51. The molecule has 82 valence electrons. The van der Waals surface area contributed by atoms with Gasteiger partial charge in [-0.2, -0.15) is 23.7 Å². The van der Waals surface area contributed by atoms with Crippen LogP contribution in [0.25, 0.3) is 0 Å². The number of hydrogen-bond acceptors (Lipinski definition) is 2. The molecule has 0 bridgehead atoms. The Bertz CT molecular complexity index is 490. The van der Waals surface area contributed by atoms with Crippen LogP contribution in [-0.2, 0) is 12.6 Å². The highest BCUT2D eigenvalue weighted by atomic mass is 19.4. The second-order valence-corrected chi connectivity index (χ2v) is 3.29. The fraction of sp³-hybridized carbons (Fsp3) is 0.273. The molecule has 0 radical (unpaired) electrons. The SMILES string of the molecule is Cc1cc(C#N)c(C(F)(F)F)c(CC#N)c1. The van der Waals surface area contributed by atoms with Crippen LogP contribution in [0.3, 0.4) is 0 Å². The zero-order chi connectivity index (χ0) is 12.3. The van der Waals surface area contributed by atoms with Gasteiger partial charge in [-0.1, -0.05) is 6.07 Å². The molecule has 1 rings (SSSR count). The van der Waals surface area contributed by atoms with E-state index in [0.717, 1.165) is 0 Å². The minimum atomic E-state index is -4.61. The standard InChI is InChI=1S/C11H7F3N2/c1-7-4-8(2-3-15)10(11(12,13)14)9(5-7)6-16/h4-5H,2H2,1H3. The van der Waals surface area contributed by atoms with Gasteiger partial charge in [0.1, 0.15) is 0 Å². The van der Waals surface area contributed by atoms with Crippen molar-refractivity contribution in [3.05, 3.63) is 34.4 Å². The van der Waals surface area contributed by atoms with Crippen molar-refractivity contribution in [2.45, 2.75) is 19.5 Å². The van der Waals surface area contributed by atoms with Crippen LogP contribution in [0.15, 0.2) is 12.1 Å². The molecule has 0 aliphatic heterocycles. The summed E-state index contributed by atoms with van der Waals surface area (Å²) in [5.74, 6) is 0. The molecule has 0 atom stereocenters. The molecule has 0 amide bonds. The minimum Gasteiger partial charge on any atom is -0.198 e. The molecular formula is C11H7F3N2. The topological polar surface area (TPSA) is 47.6 Å². The van der Waals surface area contributed by atoms with E-state index in [4.69, 9.17) is 10.5 Å². The van der Waals surface area contributed by atoms with Crippen LogP contribution >= 0.6 is 0 Å². The van der Waals surface area contributed by atoms with Crippen LogP contribution in [0.2, 0.25) is 0 Å². The van der Waals surface area contributed by atoms with Gasteiger partial charge < -0.3 is 0 Å². The van der Waals surface area contributed by atoms with Crippen LogP contribution in [0.4, 0.5) is 13.2 Å². The first kappa shape index (κ1) is 12.1. The Hall–Kier alpha value is -2.01. The third-order valence-corrected chi connectivity index (χ3v) is 2.04. The van der Waals surface area contributed by atoms with E-state index in [1.807, 2.05) is 0 Å². The molecule has 0 fully saturated rings. The molecule has 1 aromatic carbocycles. The van der Waals surface area contributed by atoms with E-state index in [-0.39, 0.29) is 12.0 Å². The zero-order valence-electron chi connectivity index (χ0n) is 8.39. The predicted octanol–water partition coefficient (Wildman–Crippen LogP) is 2.95. The summed E-state index contributed by atoms with van der Waals surface area (Å²) in [6.07, 6.45) is -4.96. The van der Waals surface area contributed by atoms with Crippen molar-refractivity contribution in [2.24, 2.45) is 0 Å². The van der Waals surface area contributed by atoms with E-state index in [9.17, 15) is 13.2 Å². The molecule has 0 spiro atoms. The van der Waals surface area contributed by atoms with Gasteiger partial charge in [-0.3, -0.25) is 0 Å². The molecule has 0 unspecified atom stereocenters. The Kier molecular flexibility index (Phi) is 3.20. The van der Waals surface area contributed by atoms with Gasteiger partial charge in [0.15, 0.2) is 0 Å². The Balaban J connectivity index is 3.55. The summed E-state index contributed by atoms with van der Waals surface area (Å²) in [5, 5.41) is 17.1. The van der Waals surface area contributed by atoms with E-state index in [1.54, 1.807) is 13.0 Å².